The molecule has 112 valence electrons. The van der Waals surface area contributed by atoms with E-state index in [1.807, 2.05) is 12.1 Å². The maximum absolute atomic E-state index is 12.5. The molecule has 0 aliphatic carbocycles. The topological polar surface area (TPSA) is 90.9 Å². The number of carbonyl (C=O) groups excluding carboxylic acids is 1. The Balaban J connectivity index is 1.72. The van der Waals surface area contributed by atoms with Gasteiger partial charge in [-0.05, 0) is 30.3 Å². The predicted molar refractivity (Wildman–Crippen MR) is 87.5 cm³/mol. The molecule has 3 aromatic carbocycles. The second-order valence-corrected chi connectivity index (χ2v) is 5.16. The Hall–Kier alpha value is -3.41. The molecular weight excluding hydrogens is 292 g/mol. The average Bonchev–Trinajstić information content (AvgIpc) is 3.03. The number of hydrogen-bond donors (Lipinski definition) is 3. The lowest BCUT2D eigenvalue weighted by Crippen LogP contribution is -2.12. The van der Waals surface area contributed by atoms with Gasteiger partial charge in [0, 0.05) is 22.0 Å². The van der Waals surface area contributed by atoms with Crippen LogP contribution in [0.3, 0.4) is 0 Å². The molecule has 3 N–H and O–H groups in total. The van der Waals surface area contributed by atoms with Crippen LogP contribution in [0.5, 0.6) is 5.75 Å². The van der Waals surface area contributed by atoms with Crippen molar-refractivity contribution in [1.29, 1.82) is 0 Å². The number of phenolic OH excluding ortho intramolecular Hbond substituents is 1. The quantitative estimate of drug-likeness (QED) is 0.531. The fraction of sp³-hybridized carbons (Fsp3) is 0. The maximum Gasteiger partial charge on any atom is 0.255 e. The summed E-state index contributed by atoms with van der Waals surface area (Å²) < 4.78 is 0. The van der Waals surface area contributed by atoms with E-state index in [1.165, 1.54) is 0 Å². The fourth-order valence-electron chi connectivity index (χ4n) is 2.58. The number of fused-ring (bicyclic) bond motifs is 2. The number of aromatic hydroxyl groups is 1. The molecule has 4 rings (SSSR count). The third-order valence-corrected chi connectivity index (χ3v) is 3.73. The molecule has 23 heavy (non-hydrogen) atoms. The monoisotopic (exact) mass is 304 g/mol. The molecule has 0 fully saturated rings. The maximum atomic E-state index is 12.5. The molecule has 6 nitrogen and oxygen atoms in total. The van der Waals surface area contributed by atoms with Gasteiger partial charge in [-0.1, -0.05) is 24.3 Å². The molecular formula is C17H12N4O2. The number of H-pyrrole nitrogens is 1. The van der Waals surface area contributed by atoms with Crippen LogP contribution in [-0.2, 0) is 0 Å². The van der Waals surface area contributed by atoms with Crippen LogP contribution in [0, 0.1) is 0 Å². The molecule has 0 aliphatic rings. The zero-order valence-corrected chi connectivity index (χ0v) is 11.9. The standard InChI is InChI=1S/C17H12N4O2/c22-16-6-2-3-11-12(16)4-1-5-13(11)18-17(23)10-7-8-14-15(9-10)20-21-19-14/h1-9,22H,(H,18,23)(H,19,20,21). The number of anilines is 1. The van der Waals surface area contributed by atoms with Gasteiger partial charge in [-0.2, -0.15) is 15.4 Å². The molecule has 4 aromatic rings. The van der Waals surface area contributed by atoms with Gasteiger partial charge in [0.1, 0.15) is 16.8 Å². The summed E-state index contributed by atoms with van der Waals surface area (Å²) in [5.41, 5.74) is 2.47. The SMILES string of the molecule is O=C(Nc1cccc2c(O)cccc12)c1ccc2n[nH]nc2c1. The molecule has 0 aliphatic heterocycles. The normalized spacial score (nSPS) is 11.0. The summed E-state index contributed by atoms with van der Waals surface area (Å²) in [5.74, 6) is -0.0617. The van der Waals surface area contributed by atoms with Crippen LogP contribution in [0.4, 0.5) is 5.69 Å². The second kappa shape index (κ2) is 5.10. The van der Waals surface area contributed by atoms with Gasteiger partial charge in [-0.15, -0.1) is 0 Å². The van der Waals surface area contributed by atoms with Crippen molar-refractivity contribution >= 4 is 33.4 Å². The fourth-order valence-corrected chi connectivity index (χ4v) is 2.58. The summed E-state index contributed by atoms with van der Waals surface area (Å²) >= 11 is 0. The number of aromatic nitrogens is 3. The molecule has 0 saturated heterocycles. The van der Waals surface area contributed by atoms with E-state index in [4.69, 9.17) is 0 Å². The van der Waals surface area contributed by atoms with Crippen molar-refractivity contribution in [1.82, 2.24) is 15.4 Å². The molecule has 1 heterocycles. The average molecular weight is 304 g/mol. The van der Waals surface area contributed by atoms with E-state index >= 15 is 0 Å². The molecule has 0 saturated carbocycles. The van der Waals surface area contributed by atoms with Crippen LogP contribution in [0.15, 0.2) is 54.6 Å². The lowest BCUT2D eigenvalue weighted by molar-refractivity contribution is 0.102. The second-order valence-electron chi connectivity index (χ2n) is 5.16. The highest BCUT2D eigenvalue weighted by molar-refractivity contribution is 6.10. The number of benzene rings is 3. The first-order valence-corrected chi connectivity index (χ1v) is 7.05. The van der Waals surface area contributed by atoms with Crippen molar-refractivity contribution in [2.24, 2.45) is 0 Å². The van der Waals surface area contributed by atoms with Crippen molar-refractivity contribution in [2.45, 2.75) is 0 Å². The summed E-state index contributed by atoms with van der Waals surface area (Å²) in [6, 6.07) is 15.7. The number of aromatic amines is 1. The van der Waals surface area contributed by atoms with Crippen LogP contribution in [0.2, 0.25) is 0 Å². The first-order valence-electron chi connectivity index (χ1n) is 7.05. The van der Waals surface area contributed by atoms with Crippen LogP contribution >= 0.6 is 0 Å². The lowest BCUT2D eigenvalue weighted by atomic mass is 10.1. The van der Waals surface area contributed by atoms with Crippen molar-refractivity contribution in [3.8, 4) is 5.75 Å². The van der Waals surface area contributed by atoms with Crippen molar-refractivity contribution in [2.75, 3.05) is 5.32 Å². The summed E-state index contributed by atoms with van der Waals surface area (Å²) in [6.07, 6.45) is 0. The van der Waals surface area contributed by atoms with E-state index in [1.54, 1.807) is 42.5 Å². The minimum Gasteiger partial charge on any atom is -0.507 e. The van der Waals surface area contributed by atoms with E-state index in [0.717, 1.165) is 5.39 Å². The van der Waals surface area contributed by atoms with Gasteiger partial charge in [0.05, 0.1) is 0 Å². The van der Waals surface area contributed by atoms with Gasteiger partial charge >= 0.3 is 0 Å². The third kappa shape index (κ3) is 2.26. The number of phenols is 1. The molecule has 1 amide bonds. The molecule has 0 unspecified atom stereocenters. The highest BCUT2D eigenvalue weighted by Gasteiger charge is 2.11. The number of nitrogens with one attached hydrogen (secondary N) is 2. The van der Waals surface area contributed by atoms with Gasteiger partial charge in [0.25, 0.3) is 5.91 Å². The Labute approximate surface area is 130 Å². The van der Waals surface area contributed by atoms with Crippen LogP contribution in [-0.4, -0.2) is 26.4 Å². The highest BCUT2D eigenvalue weighted by Crippen LogP contribution is 2.30. The van der Waals surface area contributed by atoms with Gasteiger partial charge in [-0.3, -0.25) is 4.79 Å². The molecule has 0 radical (unpaired) electrons. The van der Waals surface area contributed by atoms with Crippen molar-refractivity contribution in [3.63, 3.8) is 0 Å². The summed E-state index contributed by atoms with van der Waals surface area (Å²) in [5, 5.41) is 24.7. The van der Waals surface area contributed by atoms with Gasteiger partial charge in [0.2, 0.25) is 0 Å². The van der Waals surface area contributed by atoms with Crippen LogP contribution in [0.1, 0.15) is 10.4 Å². The highest BCUT2D eigenvalue weighted by atomic mass is 16.3. The van der Waals surface area contributed by atoms with E-state index in [0.29, 0.717) is 27.7 Å². The number of nitrogens with zero attached hydrogens (tertiary/aromatic N) is 2. The number of rotatable bonds is 2. The van der Waals surface area contributed by atoms with E-state index < -0.39 is 0 Å². The summed E-state index contributed by atoms with van der Waals surface area (Å²) in [4.78, 5) is 12.5. The van der Waals surface area contributed by atoms with Gasteiger partial charge in [-0.25, -0.2) is 0 Å². The molecule has 0 spiro atoms. The number of amides is 1. The molecule has 1 aromatic heterocycles. The Morgan fingerprint density at radius 2 is 1.74 bits per heavy atom. The summed E-state index contributed by atoms with van der Waals surface area (Å²) in [7, 11) is 0. The minimum atomic E-state index is -0.245. The Kier molecular flexibility index (Phi) is 2.94. The summed E-state index contributed by atoms with van der Waals surface area (Å²) in [6.45, 7) is 0. The lowest BCUT2D eigenvalue weighted by Gasteiger charge is -2.09. The number of hydrogen-bond acceptors (Lipinski definition) is 4. The smallest absolute Gasteiger partial charge is 0.255 e. The van der Waals surface area contributed by atoms with Crippen molar-refractivity contribution < 1.29 is 9.90 Å². The van der Waals surface area contributed by atoms with Crippen LogP contribution < -0.4 is 5.32 Å². The largest absolute Gasteiger partial charge is 0.507 e. The van der Waals surface area contributed by atoms with E-state index in [-0.39, 0.29) is 11.7 Å². The Morgan fingerprint density at radius 1 is 0.957 bits per heavy atom. The Morgan fingerprint density at radius 3 is 2.65 bits per heavy atom. The first-order chi connectivity index (χ1) is 11.2. The van der Waals surface area contributed by atoms with E-state index in [9.17, 15) is 9.90 Å². The first kappa shape index (κ1) is 13.3. The minimum absolute atomic E-state index is 0.183. The van der Waals surface area contributed by atoms with Crippen LogP contribution in [0.25, 0.3) is 21.8 Å². The van der Waals surface area contributed by atoms with Crippen molar-refractivity contribution in [3.05, 3.63) is 60.2 Å². The van der Waals surface area contributed by atoms with E-state index in [2.05, 4.69) is 20.7 Å². The predicted octanol–water partition coefficient (Wildman–Crippen LogP) is 3.07. The third-order valence-electron chi connectivity index (χ3n) is 3.73. The Bertz CT molecular complexity index is 1040. The van der Waals surface area contributed by atoms with Gasteiger partial charge < -0.3 is 10.4 Å². The van der Waals surface area contributed by atoms with Gasteiger partial charge in [0.15, 0.2) is 0 Å². The zero-order chi connectivity index (χ0) is 15.8. The molecule has 0 atom stereocenters. The number of carbonyl (C=O) groups is 1. The zero-order valence-electron chi connectivity index (χ0n) is 11.9. The molecule has 6 heteroatoms. The molecule has 0 bridgehead atoms.